The number of benzene rings is 1. The van der Waals surface area contributed by atoms with Crippen LogP contribution in [0.3, 0.4) is 0 Å². The van der Waals surface area contributed by atoms with Crippen LogP contribution >= 0.6 is 0 Å². The van der Waals surface area contributed by atoms with E-state index in [0.717, 1.165) is 36.7 Å². The zero-order valence-corrected chi connectivity index (χ0v) is 14.2. The molecule has 0 aliphatic carbocycles. The van der Waals surface area contributed by atoms with Gasteiger partial charge in [-0.05, 0) is 37.1 Å². The molecule has 1 aliphatic rings. The molecule has 3 heterocycles. The normalized spacial score (nSPS) is 17.0. The molecule has 0 spiro atoms. The predicted molar refractivity (Wildman–Crippen MR) is 97.3 cm³/mol. The maximum absolute atomic E-state index is 12.3. The summed E-state index contributed by atoms with van der Waals surface area (Å²) in [5.41, 5.74) is 1.17. The van der Waals surface area contributed by atoms with Gasteiger partial charge in [0.25, 0.3) is 0 Å². The number of hydrogen-bond acceptors (Lipinski definition) is 5. The molecule has 0 amide bonds. The van der Waals surface area contributed by atoms with Crippen molar-refractivity contribution in [1.29, 1.82) is 5.26 Å². The van der Waals surface area contributed by atoms with Crippen LogP contribution in [0.4, 0.5) is 5.82 Å². The SMILES string of the molecule is N#Cc1ccnc(N2CCC[C@@H](c3n[nH]c(=O)n3-c3ccccc3)C2)c1. The zero-order chi connectivity index (χ0) is 17.9. The minimum atomic E-state index is -0.229. The van der Waals surface area contributed by atoms with Crippen LogP contribution in [0.15, 0.2) is 53.5 Å². The molecule has 0 unspecified atom stereocenters. The Balaban J connectivity index is 1.65. The van der Waals surface area contributed by atoms with Gasteiger partial charge < -0.3 is 4.90 Å². The Morgan fingerprint density at radius 1 is 1.23 bits per heavy atom. The molecule has 1 fully saturated rings. The fraction of sp³-hybridized carbons (Fsp3) is 0.263. The molecule has 1 N–H and O–H groups in total. The summed E-state index contributed by atoms with van der Waals surface area (Å²) in [6, 6.07) is 15.2. The first kappa shape index (κ1) is 16.1. The summed E-state index contributed by atoms with van der Waals surface area (Å²) in [5, 5.41) is 16.0. The third-order valence-corrected chi connectivity index (χ3v) is 4.70. The molecule has 7 nitrogen and oxygen atoms in total. The van der Waals surface area contributed by atoms with Gasteiger partial charge in [0.2, 0.25) is 0 Å². The maximum atomic E-state index is 12.3. The predicted octanol–water partition coefficient (Wildman–Crippen LogP) is 2.21. The minimum absolute atomic E-state index is 0.107. The van der Waals surface area contributed by atoms with Crippen molar-refractivity contribution in [3.63, 3.8) is 0 Å². The molecule has 1 aromatic carbocycles. The smallest absolute Gasteiger partial charge is 0.347 e. The third-order valence-electron chi connectivity index (χ3n) is 4.70. The van der Waals surface area contributed by atoms with E-state index in [9.17, 15) is 4.79 Å². The molecule has 0 bridgehead atoms. The van der Waals surface area contributed by atoms with Gasteiger partial charge in [-0.2, -0.15) is 10.4 Å². The average Bonchev–Trinajstić information content (AvgIpc) is 3.10. The van der Waals surface area contributed by atoms with Gasteiger partial charge in [0.15, 0.2) is 0 Å². The van der Waals surface area contributed by atoms with Crippen LogP contribution in [0, 0.1) is 11.3 Å². The van der Waals surface area contributed by atoms with Gasteiger partial charge in [-0.1, -0.05) is 18.2 Å². The van der Waals surface area contributed by atoms with Gasteiger partial charge in [0, 0.05) is 25.2 Å². The number of H-pyrrole nitrogens is 1. The Labute approximate surface area is 150 Å². The van der Waals surface area contributed by atoms with Gasteiger partial charge in [-0.3, -0.25) is 0 Å². The number of aromatic nitrogens is 4. The topological polar surface area (TPSA) is 90.6 Å². The molecule has 130 valence electrons. The van der Waals surface area contributed by atoms with Crippen LogP contribution in [0.25, 0.3) is 5.69 Å². The van der Waals surface area contributed by atoms with Crippen LogP contribution in [-0.2, 0) is 0 Å². The van der Waals surface area contributed by atoms with Crippen molar-refractivity contribution in [3.8, 4) is 11.8 Å². The fourth-order valence-corrected chi connectivity index (χ4v) is 3.47. The first-order chi connectivity index (χ1) is 12.8. The Hall–Kier alpha value is -3.40. The largest absolute Gasteiger partial charge is 0.356 e. The van der Waals surface area contributed by atoms with Crippen molar-refractivity contribution < 1.29 is 0 Å². The highest BCUT2D eigenvalue weighted by atomic mass is 16.1. The van der Waals surface area contributed by atoms with E-state index in [-0.39, 0.29) is 11.6 Å². The lowest BCUT2D eigenvalue weighted by Crippen LogP contribution is -2.36. The lowest BCUT2D eigenvalue weighted by atomic mass is 9.97. The molecule has 3 aromatic rings. The molecule has 7 heteroatoms. The van der Waals surface area contributed by atoms with E-state index < -0.39 is 0 Å². The van der Waals surface area contributed by atoms with Crippen molar-refractivity contribution in [1.82, 2.24) is 19.7 Å². The van der Waals surface area contributed by atoms with Crippen LogP contribution in [0.1, 0.15) is 30.1 Å². The van der Waals surface area contributed by atoms with Crippen LogP contribution in [-0.4, -0.2) is 32.8 Å². The van der Waals surface area contributed by atoms with E-state index in [1.165, 1.54) is 0 Å². The number of anilines is 1. The monoisotopic (exact) mass is 346 g/mol. The Morgan fingerprint density at radius 2 is 2.08 bits per heavy atom. The summed E-state index contributed by atoms with van der Waals surface area (Å²) < 4.78 is 1.65. The molecular formula is C19H18N6O. The summed E-state index contributed by atoms with van der Waals surface area (Å²) in [6.45, 7) is 1.58. The van der Waals surface area contributed by atoms with Crippen molar-refractivity contribution >= 4 is 5.82 Å². The molecule has 1 aliphatic heterocycles. The second-order valence-corrected chi connectivity index (χ2v) is 6.36. The standard InChI is InChI=1S/C19H18N6O/c20-12-14-8-9-21-17(11-14)24-10-4-5-15(13-24)18-22-23-19(26)25(18)16-6-2-1-3-7-16/h1-3,6-9,11,15H,4-5,10,13H2,(H,23,26)/t15-/m1/s1. The van der Waals surface area contributed by atoms with Gasteiger partial charge in [0.05, 0.1) is 17.3 Å². The summed E-state index contributed by atoms with van der Waals surface area (Å²) in [4.78, 5) is 18.9. The van der Waals surface area contributed by atoms with Crippen molar-refractivity contribution in [3.05, 3.63) is 70.5 Å². The zero-order valence-electron chi connectivity index (χ0n) is 14.2. The number of nitrogens with zero attached hydrogens (tertiary/aromatic N) is 5. The minimum Gasteiger partial charge on any atom is -0.356 e. The molecule has 4 rings (SSSR count). The van der Waals surface area contributed by atoms with E-state index in [2.05, 4.69) is 26.2 Å². The van der Waals surface area contributed by atoms with E-state index in [1.807, 2.05) is 30.3 Å². The number of rotatable bonds is 3. The number of piperidine rings is 1. The first-order valence-electron chi connectivity index (χ1n) is 8.60. The molecular weight excluding hydrogens is 328 g/mol. The number of nitriles is 1. The summed E-state index contributed by atoms with van der Waals surface area (Å²) in [5.74, 6) is 1.63. The number of para-hydroxylation sites is 1. The number of nitrogens with one attached hydrogen (secondary N) is 1. The molecule has 0 radical (unpaired) electrons. The van der Waals surface area contributed by atoms with Crippen LogP contribution < -0.4 is 10.6 Å². The van der Waals surface area contributed by atoms with Crippen molar-refractivity contribution in [2.75, 3.05) is 18.0 Å². The highest BCUT2D eigenvalue weighted by Crippen LogP contribution is 2.28. The molecule has 1 saturated heterocycles. The number of aromatic amines is 1. The second kappa shape index (κ2) is 6.84. The van der Waals surface area contributed by atoms with E-state index in [1.54, 1.807) is 22.9 Å². The second-order valence-electron chi connectivity index (χ2n) is 6.36. The number of hydrogen-bond donors (Lipinski definition) is 1. The fourth-order valence-electron chi connectivity index (χ4n) is 3.47. The quantitative estimate of drug-likeness (QED) is 0.785. The molecule has 0 saturated carbocycles. The highest BCUT2D eigenvalue weighted by molar-refractivity contribution is 5.46. The lowest BCUT2D eigenvalue weighted by molar-refractivity contribution is 0.483. The average molecular weight is 346 g/mol. The molecule has 1 atom stereocenters. The number of pyridine rings is 1. The van der Waals surface area contributed by atoms with Gasteiger partial charge in [-0.25, -0.2) is 19.4 Å². The van der Waals surface area contributed by atoms with Gasteiger partial charge in [0.1, 0.15) is 11.6 Å². The Morgan fingerprint density at radius 3 is 2.88 bits per heavy atom. The van der Waals surface area contributed by atoms with Crippen molar-refractivity contribution in [2.24, 2.45) is 0 Å². The van der Waals surface area contributed by atoms with Crippen LogP contribution in [0.5, 0.6) is 0 Å². The summed E-state index contributed by atoms with van der Waals surface area (Å²) in [7, 11) is 0. The molecule has 26 heavy (non-hydrogen) atoms. The molecule has 2 aromatic heterocycles. The first-order valence-corrected chi connectivity index (χ1v) is 8.60. The maximum Gasteiger partial charge on any atom is 0.347 e. The van der Waals surface area contributed by atoms with E-state index in [4.69, 9.17) is 5.26 Å². The van der Waals surface area contributed by atoms with E-state index >= 15 is 0 Å². The van der Waals surface area contributed by atoms with Gasteiger partial charge >= 0.3 is 5.69 Å². The lowest BCUT2D eigenvalue weighted by Gasteiger charge is -2.33. The third kappa shape index (κ3) is 2.97. The summed E-state index contributed by atoms with van der Waals surface area (Å²) in [6.07, 6.45) is 3.58. The van der Waals surface area contributed by atoms with E-state index in [0.29, 0.717) is 12.1 Å². The van der Waals surface area contributed by atoms with Crippen LogP contribution in [0.2, 0.25) is 0 Å². The summed E-state index contributed by atoms with van der Waals surface area (Å²) >= 11 is 0. The Kier molecular flexibility index (Phi) is 4.23. The Bertz CT molecular complexity index is 1000. The van der Waals surface area contributed by atoms with Gasteiger partial charge in [-0.15, -0.1) is 0 Å². The van der Waals surface area contributed by atoms with Crippen molar-refractivity contribution in [2.45, 2.75) is 18.8 Å². The highest BCUT2D eigenvalue weighted by Gasteiger charge is 2.27.